The average Bonchev–Trinajstić information content (AvgIpc) is 1.96. The molecule has 0 atom stereocenters. The van der Waals surface area contributed by atoms with E-state index in [1.807, 2.05) is 6.92 Å². The maximum absolute atomic E-state index is 11.2. The quantitative estimate of drug-likeness (QED) is 0.593. The van der Waals surface area contributed by atoms with Gasteiger partial charge in [0, 0.05) is 6.42 Å². The Kier molecular flexibility index (Phi) is 6.17. The minimum Gasteiger partial charge on any atom is -0.299 e. The maximum atomic E-state index is 11.2. The van der Waals surface area contributed by atoms with Crippen LogP contribution in [0.3, 0.4) is 0 Å². The highest BCUT2D eigenvalue weighted by molar-refractivity contribution is 8.00. The van der Waals surface area contributed by atoms with E-state index in [0.717, 1.165) is 12.0 Å². The van der Waals surface area contributed by atoms with Crippen LogP contribution in [-0.4, -0.2) is 16.8 Å². The van der Waals surface area contributed by atoms with Crippen molar-refractivity contribution in [2.24, 2.45) is 0 Å². The molecule has 2 heteroatoms. The first-order valence-electron chi connectivity index (χ1n) is 4.30. The fourth-order valence-corrected chi connectivity index (χ4v) is 1.35. The number of carbonyl (C=O) groups is 1. The van der Waals surface area contributed by atoms with Gasteiger partial charge in [0.05, 0.1) is 5.75 Å². The maximum Gasteiger partial charge on any atom is 0.143 e. The molecular formula is C10H18OS. The molecule has 1 nitrogen and oxygen atoms in total. The minimum absolute atomic E-state index is 0.344. The third-order valence-electron chi connectivity index (χ3n) is 1.41. The van der Waals surface area contributed by atoms with E-state index in [4.69, 9.17) is 0 Å². The lowest BCUT2D eigenvalue weighted by atomic mass is 10.1. The predicted molar refractivity (Wildman–Crippen MR) is 56.6 cm³/mol. The van der Waals surface area contributed by atoms with Gasteiger partial charge in [-0.15, -0.1) is 6.58 Å². The van der Waals surface area contributed by atoms with Crippen molar-refractivity contribution in [1.29, 1.82) is 0 Å². The molecule has 0 aliphatic heterocycles. The number of hydrogen-bond acceptors (Lipinski definition) is 2. The second-order valence-corrected chi connectivity index (χ2v) is 4.92. The van der Waals surface area contributed by atoms with Gasteiger partial charge in [0.1, 0.15) is 5.78 Å². The molecule has 0 aromatic heterocycles. The molecular weight excluding hydrogens is 168 g/mol. The molecule has 0 saturated carbocycles. The van der Waals surface area contributed by atoms with E-state index in [9.17, 15) is 4.79 Å². The van der Waals surface area contributed by atoms with Gasteiger partial charge >= 0.3 is 0 Å². The van der Waals surface area contributed by atoms with Crippen LogP contribution < -0.4 is 0 Å². The predicted octanol–water partition coefficient (Wildman–Crippen LogP) is 3.05. The van der Waals surface area contributed by atoms with Crippen molar-refractivity contribution in [1.82, 2.24) is 0 Å². The number of Topliss-reactive ketones (excluding diaryl/α,β-unsaturated/α-hetero) is 1. The lowest BCUT2D eigenvalue weighted by Gasteiger charge is -2.03. The summed E-state index contributed by atoms with van der Waals surface area (Å²) in [6.07, 6.45) is 1.51. The fraction of sp³-hybridized carbons (Fsp3) is 0.700. The third-order valence-corrected chi connectivity index (χ3v) is 2.56. The lowest BCUT2D eigenvalue weighted by molar-refractivity contribution is -0.116. The molecule has 0 aliphatic rings. The first kappa shape index (κ1) is 11.8. The van der Waals surface area contributed by atoms with Crippen LogP contribution in [0.2, 0.25) is 0 Å². The molecule has 0 N–H and O–H groups in total. The summed E-state index contributed by atoms with van der Waals surface area (Å²) in [4.78, 5) is 11.2. The molecule has 0 aromatic carbocycles. The highest BCUT2D eigenvalue weighted by atomic mass is 32.2. The van der Waals surface area contributed by atoms with E-state index >= 15 is 0 Å². The first-order valence-corrected chi connectivity index (χ1v) is 5.35. The molecule has 0 unspecified atom stereocenters. The molecule has 0 aliphatic carbocycles. The second kappa shape index (κ2) is 6.30. The fourth-order valence-electron chi connectivity index (χ4n) is 0.685. The highest BCUT2D eigenvalue weighted by Gasteiger charge is 2.03. The van der Waals surface area contributed by atoms with Gasteiger partial charge < -0.3 is 0 Å². The van der Waals surface area contributed by atoms with E-state index in [-0.39, 0.29) is 0 Å². The Labute approximate surface area is 79.6 Å². The Morgan fingerprint density at radius 1 is 1.42 bits per heavy atom. The van der Waals surface area contributed by atoms with E-state index in [1.165, 1.54) is 0 Å². The van der Waals surface area contributed by atoms with E-state index in [0.29, 0.717) is 23.2 Å². The van der Waals surface area contributed by atoms with Crippen LogP contribution in [-0.2, 0) is 4.79 Å². The Balaban J connectivity index is 3.40. The van der Waals surface area contributed by atoms with Crippen molar-refractivity contribution in [3.05, 3.63) is 12.2 Å². The number of ketones is 1. The Bertz CT molecular complexity index is 161. The number of carbonyl (C=O) groups excluding carboxylic acids is 1. The summed E-state index contributed by atoms with van der Waals surface area (Å²) in [5.74, 6) is 1.00. The third kappa shape index (κ3) is 7.86. The van der Waals surface area contributed by atoms with Crippen LogP contribution in [0.25, 0.3) is 0 Å². The van der Waals surface area contributed by atoms with Gasteiger partial charge in [-0.3, -0.25) is 4.79 Å². The van der Waals surface area contributed by atoms with Gasteiger partial charge in [-0.25, -0.2) is 0 Å². The zero-order valence-electron chi connectivity index (χ0n) is 8.22. The topological polar surface area (TPSA) is 17.1 Å². The van der Waals surface area contributed by atoms with Crippen molar-refractivity contribution in [3.63, 3.8) is 0 Å². The van der Waals surface area contributed by atoms with Crippen molar-refractivity contribution in [2.75, 3.05) is 5.75 Å². The van der Waals surface area contributed by atoms with Crippen LogP contribution in [0.4, 0.5) is 0 Å². The summed E-state index contributed by atoms with van der Waals surface area (Å²) in [7, 11) is 0. The molecule has 0 spiro atoms. The lowest BCUT2D eigenvalue weighted by Crippen LogP contribution is -2.03. The Hall–Kier alpha value is -0.240. The van der Waals surface area contributed by atoms with Crippen LogP contribution in [0.15, 0.2) is 12.2 Å². The number of hydrogen-bond donors (Lipinski definition) is 0. The molecule has 0 radical (unpaired) electrons. The Morgan fingerprint density at radius 2 is 2.00 bits per heavy atom. The van der Waals surface area contributed by atoms with E-state index in [1.54, 1.807) is 11.8 Å². The van der Waals surface area contributed by atoms with E-state index < -0.39 is 0 Å². The van der Waals surface area contributed by atoms with Crippen LogP contribution in [0, 0.1) is 0 Å². The smallest absolute Gasteiger partial charge is 0.143 e. The molecule has 70 valence electrons. The number of allylic oxidation sites excluding steroid dienone is 1. The zero-order valence-corrected chi connectivity index (χ0v) is 9.04. The molecule has 0 heterocycles. The van der Waals surface area contributed by atoms with Crippen molar-refractivity contribution in [2.45, 2.75) is 38.9 Å². The molecule has 0 saturated heterocycles. The summed E-state index contributed by atoms with van der Waals surface area (Å²) in [5, 5.41) is 0.554. The average molecular weight is 186 g/mol. The molecule has 0 aromatic rings. The Morgan fingerprint density at radius 3 is 2.42 bits per heavy atom. The van der Waals surface area contributed by atoms with Gasteiger partial charge in [0.25, 0.3) is 0 Å². The number of rotatable bonds is 6. The van der Waals surface area contributed by atoms with Crippen LogP contribution >= 0.6 is 11.8 Å². The summed E-state index contributed by atoms with van der Waals surface area (Å²) in [6.45, 7) is 9.94. The number of thioether (sulfide) groups is 1. The van der Waals surface area contributed by atoms with Gasteiger partial charge in [0.2, 0.25) is 0 Å². The minimum atomic E-state index is 0.344. The standard InChI is InChI=1S/C10H18OS/c1-8(2)5-6-10(11)7-12-9(3)4/h9H,1,5-7H2,2-4H3. The van der Waals surface area contributed by atoms with Gasteiger partial charge in [-0.2, -0.15) is 11.8 Å². The summed E-state index contributed by atoms with van der Waals surface area (Å²) in [6, 6.07) is 0. The SMILES string of the molecule is C=C(C)CCC(=O)CSC(C)C. The van der Waals surface area contributed by atoms with Crippen molar-refractivity contribution in [3.8, 4) is 0 Å². The summed E-state index contributed by atoms with van der Waals surface area (Å²) >= 11 is 1.71. The molecule has 12 heavy (non-hydrogen) atoms. The molecule has 0 fully saturated rings. The van der Waals surface area contributed by atoms with Gasteiger partial charge in [0.15, 0.2) is 0 Å². The van der Waals surface area contributed by atoms with Crippen molar-refractivity contribution < 1.29 is 4.79 Å². The summed E-state index contributed by atoms with van der Waals surface area (Å²) in [5.41, 5.74) is 1.10. The van der Waals surface area contributed by atoms with Gasteiger partial charge in [-0.05, 0) is 18.6 Å². The molecule has 0 rings (SSSR count). The molecule has 0 bridgehead atoms. The normalized spacial score (nSPS) is 10.3. The van der Waals surface area contributed by atoms with Crippen LogP contribution in [0.5, 0.6) is 0 Å². The molecule has 0 amide bonds. The van der Waals surface area contributed by atoms with Crippen molar-refractivity contribution >= 4 is 17.5 Å². The summed E-state index contributed by atoms with van der Waals surface area (Å²) < 4.78 is 0. The van der Waals surface area contributed by atoms with Gasteiger partial charge in [-0.1, -0.05) is 19.4 Å². The second-order valence-electron chi connectivity index (χ2n) is 3.36. The largest absolute Gasteiger partial charge is 0.299 e. The van der Waals surface area contributed by atoms with E-state index in [2.05, 4.69) is 20.4 Å². The van der Waals surface area contributed by atoms with Crippen LogP contribution in [0.1, 0.15) is 33.6 Å². The zero-order chi connectivity index (χ0) is 9.56. The highest BCUT2D eigenvalue weighted by Crippen LogP contribution is 2.11. The first-order chi connectivity index (χ1) is 5.52. The monoisotopic (exact) mass is 186 g/mol.